The van der Waals surface area contributed by atoms with Gasteiger partial charge in [-0.25, -0.2) is 4.79 Å². The van der Waals surface area contributed by atoms with Crippen molar-refractivity contribution in [3.05, 3.63) is 12.7 Å². The Bertz CT molecular complexity index is 491. The maximum absolute atomic E-state index is 12.6. The van der Waals surface area contributed by atoms with E-state index in [0.29, 0.717) is 19.5 Å². The second kappa shape index (κ2) is 9.40. The Hall–Kier alpha value is -1.56. The minimum absolute atomic E-state index is 0.0634. The third kappa shape index (κ3) is 8.21. The first-order valence-electron chi connectivity index (χ1n) is 9.47. The Morgan fingerprint density at radius 3 is 2.19 bits per heavy atom. The topological polar surface area (TPSA) is 67.9 Å². The van der Waals surface area contributed by atoms with Crippen LogP contribution in [-0.4, -0.2) is 53.3 Å². The van der Waals surface area contributed by atoms with Gasteiger partial charge in [-0.1, -0.05) is 6.08 Å². The monoisotopic (exact) mass is 368 g/mol. The molecule has 1 fully saturated rings. The summed E-state index contributed by atoms with van der Waals surface area (Å²) in [5.74, 6) is -0.218. The molecule has 150 valence electrons. The molecule has 1 heterocycles. The first-order chi connectivity index (χ1) is 11.9. The number of nitrogens with zero attached hydrogens (tertiary/aromatic N) is 1. The third-order valence-electron chi connectivity index (χ3n) is 3.97. The van der Waals surface area contributed by atoms with E-state index in [1.54, 1.807) is 0 Å². The van der Waals surface area contributed by atoms with E-state index in [2.05, 4.69) is 11.9 Å². The predicted octanol–water partition coefficient (Wildman–Crippen LogP) is 3.65. The van der Waals surface area contributed by atoms with Crippen LogP contribution < -0.4 is 5.32 Å². The van der Waals surface area contributed by atoms with Gasteiger partial charge >= 0.3 is 12.1 Å². The lowest BCUT2D eigenvalue weighted by Gasteiger charge is -2.32. The Labute approximate surface area is 158 Å². The van der Waals surface area contributed by atoms with Gasteiger partial charge in [0.1, 0.15) is 11.2 Å². The van der Waals surface area contributed by atoms with Crippen LogP contribution in [0.5, 0.6) is 0 Å². The number of nitrogens with one attached hydrogen (secondary N) is 1. The van der Waals surface area contributed by atoms with E-state index in [0.717, 1.165) is 19.3 Å². The lowest BCUT2D eigenvalue weighted by Crippen LogP contribution is -2.47. The molecule has 0 bridgehead atoms. The van der Waals surface area contributed by atoms with Crippen molar-refractivity contribution in [2.45, 2.75) is 90.5 Å². The molecule has 26 heavy (non-hydrogen) atoms. The second-order valence-corrected chi connectivity index (χ2v) is 8.84. The van der Waals surface area contributed by atoms with E-state index in [4.69, 9.17) is 9.47 Å². The minimum Gasteiger partial charge on any atom is -0.460 e. The van der Waals surface area contributed by atoms with Crippen LogP contribution in [0.4, 0.5) is 4.79 Å². The third-order valence-corrected chi connectivity index (χ3v) is 3.97. The molecule has 0 saturated carbocycles. The van der Waals surface area contributed by atoms with Crippen molar-refractivity contribution in [2.24, 2.45) is 0 Å². The maximum Gasteiger partial charge on any atom is 0.410 e. The fourth-order valence-corrected chi connectivity index (χ4v) is 3.05. The molecule has 0 aliphatic carbocycles. The van der Waals surface area contributed by atoms with Crippen molar-refractivity contribution in [1.82, 2.24) is 10.2 Å². The molecule has 1 N–H and O–H groups in total. The van der Waals surface area contributed by atoms with E-state index in [1.807, 2.05) is 52.5 Å². The molecule has 1 aliphatic heterocycles. The lowest BCUT2D eigenvalue weighted by atomic mass is 10.1. The van der Waals surface area contributed by atoms with Crippen LogP contribution in [0.15, 0.2) is 12.7 Å². The number of hydrogen-bond donors (Lipinski definition) is 1. The standard InChI is InChI=1S/C20H36N2O4/c1-8-9-15-10-11-16(22(15)18(24)26-20(5,6)7)14-21-13-12-17(23)25-19(2,3)4/h8,15-16,21H,1,9-14H2,2-7H3/t15-,16-/m0/s1. The summed E-state index contributed by atoms with van der Waals surface area (Å²) in [6.07, 6.45) is 4.49. The lowest BCUT2D eigenvalue weighted by molar-refractivity contribution is -0.154. The highest BCUT2D eigenvalue weighted by Gasteiger charge is 2.38. The number of esters is 1. The molecule has 1 amide bonds. The average molecular weight is 369 g/mol. The molecule has 6 heteroatoms. The SMILES string of the molecule is C=CC[C@H]1CC[C@@H](CNCCC(=O)OC(C)(C)C)N1C(=O)OC(C)(C)C. The normalized spacial score (nSPS) is 20.8. The predicted molar refractivity (Wildman–Crippen MR) is 103 cm³/mol. The van der Waals surface area contributed by atoms with E-state index in [1.165, 1.54) is 0 Å². The van der Waals surface area contributed by atoms with Crippen LogP contribution >= 0.6 is 0 Å². The number of carbonyl (C=O) groups is 2. The van der Waals surface area contributed by atoms with Crippen molar-refractivity contribution in [2.75, 3.05) is 13.1 Å². The van der Waals surface area contributed by atoms with Crippen molar-refractivity contribution in [1.29, 1.82) is 0 Å². The Morgan fingerprint density at radius 1 is 1.08 bits per heavy atom. The zero-order valence-electron chi connectivity index (χ0n) is 17.3. The molecule has 0 aromatic heterocycles. The first kappa shape index (κ1) is 22.5. The fraction of sp³-hybridized carbons (Fsp3) is 0.800. The van der Waals surface area contributed by atoms with Gasteiger partial charge in [0.15, 0.2) is 0 Å². The Kier molecular flexibility index (Phi) is 8.13. The van der Waals surface area contributed by atoms with Crippen molar-refractivity contribution < 1.29 is 19.1 Å². The quantitative estimate of drug-likeness (QED) is 0.422. The molecule has 0 unspecified atom stereocenters. The molecule has 2 atom stereocenters. The number of carbonyl (C=O) groups excluding carboxylic acids is 2. The highest BCUT2D eigenvalue weighted by atomic mass is 16.6. The zero-order chi connectivity index (χ0) is 20.0. The van der Waals surface area contributed by atoms with Gasteiger partial charge in [0.25, 0.3) is 0 Å². The van der Waals surface area contributed by atoms with Gasteiger partial charge in [-0.3, -0.25) is 4.79 Å². The summed E-state index contributed by atoms with van der Waals surface area (Å²) in [6.45, 7) is 16.1. The van der Waals surface area contributed by atoms with E-state index < -0.39 is 11.2 Å². The smallest absolute Gasteiger partial charge is 0.410 e. The average Bonchev–Trinajstić information content (AvgIpc) is 2.83. The van der Waals surface area contributed by atoms with Crippen LogP contribution in [0.1, 0.15) is 67.2 Å². The first-order valence-corrected chi connectivity index (χ1v) is 9.47. The molecule has 6 nitrogen and oxygen atoms in total. The molecule has 0 spiro atoms. The summed E-state index contributed by atoms with van der Waals surface area (Å²) in [5, 5.41) is 3.28. The number of likely N-dealkylation sites (tertiary alicyclic amines) is 1. The van der Waals surface area contributed by atoms with Crippen molar-refractivity contribution >= 4 is 12.1 Å². The summed E-state index contributed by atoms with van der Waals surface area (Å²) in [7, 11) is 0. The molecule has 0 aromatic rings. The van der Waals surface area contributed by atoms with Crippen LogP contribution in [0, 0.1) is 0 Å². The van der Waals surface area contributed by atoms with Crippen molar-refractivity contribution in [3.8, 4) is 0 Å². The maximum atomic E-state index is 12.6. The summed E-state index contributed by atoms with van der Waals surface area (Å²) in [6, 6.07) is 0.188. The van der Waals surface area contributed by atoms with Gasteiger partial charge in [0.2, 0.25) is 0 Å². The van der Waals surface area contributed by atoms with Crippen LogP contribution in [0.3, 0.4) is 0 Å². The highest BCUT2D eigenvalue weighted by Crippen LogP contribution is 2.28. The van der Waals surface area contributed by atoms with Crippen LogP contribution in [0.2, 0.25) is 0 Å². The number of amides is 1. The summed E-state index contributed by atoms with van der Waals surface area (Å²) < 4.78 is 10.9. The second-order valence-electron chi connectivity index (χ2n) is 8.84. The van der Waals surface area contributed by atoms with Gasteiger partial charge in [-0.15, -0.1) is 6.58 Å². The Balaban J connectivity index is 2.54. The van der Waals surface area contributed by atoms with Gasteiger partial charge in [-0.05, 0) is 60.8 Å². The molecular weight excluding hydrogens is 332 g/mol. The van der Waals surface area contributed by atoms with Crippen molar-refractivity contribution in [3.63, 3.8) is 0 Å². The molecular formula is C20H36N2O4. The van der Waals surface area contributed by atoms with E-state index in [9.17, 15) is 9.59 Å². The van der Waals surface area contributed by atoms with Gasteiger partial charge < -0.3 is 19.7 Å². The van der Waals surface area contributed by atoms with E-state index in [-0.39, 0.29) is 24.1 Å². The summed E-state index contributed by atoms with van der Waals surface area (Å²) in [5.41, 5.74) is -0.985. The molecule has 0 aromatic carbocycles. The Morgan fingerprint density at radius 2 is 1.65 bits per heavy atom. The molecule has 0 radical (unpaired) electrons. The van der Waals surface area contributed by atoms with Crippen LogP contribution in [0.25, 0.3) is 0 Å². The number of rotatable bonds is 7. The van der Waals surface area contributed by atoms with Gasteiger partial charge in [0.05, 0.1) is 6.42 Å². The summed E-state index contributed by atoms with van der Waals surface area (Å²) in [4.78, 5) is 26.2. The van der Waals surface area contributed by atoms with E-state index >= 15 is 0 Å². The largest absolute Gasteiger partial charge is 0.460 e. The molecule has 1 rings (SSSR count). The summed E-state index contributed by atoms with van der Waals surface area (Å²) >= 11 is 0. The fourth-order valence-electron chi connectivity index (χ4n) is 3.05. The highest BCUT2D eigenvalue weighted by molar-refractivity contribution is 5.70. The van der Waals surface area contributed by atoms with Gasteiger partial charge in [-0.2, -0.15) is 0 Å². The molecule has 1 aliphatic rings. The van der Waals surface area contributed by atoms with Crippen LogP contribution in [-0.2, 0) is 14.3 Å². The zero-order valence-corrected chi connectivity index (χ0v) is 17.3. The number of hydrogen-bond acceptors (Lipinski definition) is 5. The molecule has 1 saturated heterocycles. The van der Waals surface area contributed by atoms with Gasteiger partial charge in [0, 0.05) is 25.2 Å². The number of ether oxygens (including phenoxy) is 2. The minimum atomic E-state index is -0.521.